The van der Waals surface area contributed by atoms with Crippen molar-refractivity contribution in [1.82, 2.24) is 0 Å². The van der Waals surface area contributed by atoms with E-state index in [-0.39, 0.29) is 23.3 Å². The number of para-hydroxylation sites is 1. The van der Waals surface area contributed by atoms with Gasteiger partial charge in [0, 0.05) is 27.4 Å². The van der Waals surface area contributed by atoms with E-state index < -0.39 is 23.5 Å². The maximum Gasteiger partial charge on any atom is 0.315 e. The molecule has 0 unspecified atom stereocenters. The maximum atomic E-state index is 14.4. The molecule has 0 heterocycles. The van der Waals surface area contributed by atoms with E-state index in [1.807, 2.05) is 0 Å². The van der Waals surface area contributed by atoms with Crippen LogP contribution in [0, 0.1) is 11.6 Å². The lowest BCUT2D eigenvalue weighted by Crippen LogP contribution is -2.17. The molecule has 1 amide bonds. The Balaban J connectivity index is 1.66. The average Bonchev–Trinajstić information content (AvgIpc) is 2.82. The third kappa shape index (κ3) is 6.04. The van der Waals surface area contributed by atoms with Gasteiger partial charge in [0.2, 0.25) is 0 Å². The predicted octanol–water partition coefficient (Wildman–Crippen LogP) is 7.34. The van der Waals surface area contributed by atoms with E-state index in [0.29, 0.717) is 26.9 Å². The Bertz CT molecular complexity index is 1410. The average molecular weight is 512 g/mol. The SMILES string of the molecule is O=C(Cc1ccc(Cl)cc1Cl)Oc1ccc(-c2ccc(F)cc2F)cc1C(=O)Nc1ccccc1. The highest BCUT2D eigenvalue weighted by molar-refractivity contribution is 6.35. The summed E-state index contributed by atoms with van der Waals surface area (Å²) in [5, 5.41) is 3.45. The van der Waals surface area contributed by atoms with Gasteiger partial charge in [0.25, 0.3) is 5.91 Å². The minimum absolute atomic E-state index is 0.00867. The van der Waals surface area contributed by atoms with Crippen LogP contribution in [0.25, 0.3) is 11.1 Å². The number of amides is 1. The fourth-order valence-corrected chi connectivity index (χ4v) is 3.86. The van der Waals surface area contributed by atoms with Crippen LogP contribution in [0.15, 0.2) is 84.9 Å². The fraction of sp³-hybridized carbons (Fsp3) is 0.0370. The maximum absolute atomic E-state index is 14.4. The third-order valence-electron chi connectivity index (χ3n) is 5.07. The number of nitrogens with one attached hydrogen (secondary N) is 1. The van der Waals surface area contributed by atoms with Crippen LogP contribution in [0.4, 0.5) is 14.5 Å². The Labute approximate surface area is 210 Å². The second-order valence-corrected chi connectivity index (χ2v) is 8.39. The lowest BCUT2D eigenvalue weighted by Gasteiger charge is -2.13. The van der Waals surface area contributed by atoms with E-state index in [0.717, 1.165) is 12.1 Å². The van der Waals surface area contributed by atoms with Crippen molar-refractivity contribution >= 4 is 40.8 Å². The standard InChI is InChI=1S/C27H17Cl2F2NO3/c28-18-8-6-17(23(29)14-18)13-26(33)35-25-11-7-16(21-10-9-19(30)15-24(21)31)12-22(25)27(34)32-20-4-2-1-3-5-20/h1-12,14-15H,13H2,(H,32,34). The van der Waals surface area contributed by atoms with E-state index in [1.54, 1.807) is 42.5 Å². The second kappa shape index (κ2) is 10.7. The number of halogens is 4. The summed E-state index contributed by atoms with van der Waals surface area (Å²) in [5.74, 6) is -2.78. The number of anilines is 1. The van der Waals surface area contributed by atoms with Crippen LogP contribution in [-0.2, 0) is 11.2 Å². The summed E-state index contributed by atoms with van der Waals surface area (Å²) >= 11 is 12.0. The zero-order valence-electron chi connectivity index (χ0n) is 18.0. The first-order chi connectivity index (χ1) is 16.8. The van der Waals surface area contributed by atoms with Crippen molar-refractivity contribution in [1.29, 1.82) is 0 Å². The molecule has 0 aliphatic carbocycles. The molecule has 176 valence electrons. The normalized spacial score (nSPS) is 10.6. The Kier molecular flexibility index (Phi) is 7.44. The number of carbonyl (C=O) groups excluding carboxylic acids is 2. The minimum atomic E-state index is -0.790. The van der Waals surface area contributed by atoms with Gasteiger partial charge in [-0.3, -0.25) is 9.59 Å². The monoisotopic (exact) mass is 511 g/mol. The molecule has 0 saturated carbocycles. The lowest BCUT2D eigenvalue weighted by molar-refractivity contribution is -0.133. The van der Waals surface area contributed by atoms with Gasteiger partial charge in [-0.15, -0.1) is 0 Å². The predicted molar refractivity (Wildman–Crippen MR) is 132 cm³/mol. The number of esters is 1. The molecule has 0 saturated heterocycles. The largest absolute Gasteiger partial charge is 0.425 e. The molecule has 4 aromatic rings. The Morgan fingerprint density at radius 3 is 2.34 bits per heavy atom. The van der Waals surface area contributed by atoms with Crippen LogP contribution in [0.1, 0.15) is 15.9 Å². The number of benzene rings is 4. The molecular formula is C27H17Cl2F2NO3. The quantitative estimate of drug-likeness (QED) is 0.217. The molecule has 35 heavy (non-hydrogen) atoms. The van der Waals surface area contributed by atoms with Gasteiger partial charge in [-0.25, -0.2) is 8.78 Å². The molecule has 1 N–H and O–H groups in total. The molecule has 0 radical (unpaired) electrons. The highest BCUT2D eigenvalue weighted by Crippen LogP contribution is 2.30. The summed E-state index contributed by atoms with van der Waals surface area (Å²) in [5.41, 5.74) is 1.40. The summed E-state index contributed by atoms with van der Waals surface area (Å²) in [6.45, 7) is 0. The van der Waals surface area contributed by atoms with Gasteiger partial charge in [-0.2, -0.15) is 0 Å². The topological polar surface area (TPSA) is 55.4 Å². The second-order valence-electron chi connectivity index (χ2n) is 7.54. The zero-order chi connectivity index (χ0) is 24.9. The van der Waals surface area contributed by atoms with Crippen LogP contribution in [0.2, 0.25) is 10.0 Å². The van der Waals surface area contributed by atoms with Gasteiger partial charge in [-0.05, 0) is 59.7 Å². The smallest absolute Gasteiger partial charge is 0.315 e. The molecule has 0 aliphatic rings. The lowest BCUT2D eigenvalue weighted by atomic mass is 10.0. The highest BCUT2D eigenvalue weighted by Gasteiger charge is 2.19. The fourth-order valence-electron chi connectivity index (χ4n) is 3.39. The van der Waals surface area contributed by atoms with Crippen LogP contribution in [-0.4, -0.2) is 11.9 Å². The van der Waals surface area contributed by atoms with Crippen LogP contribution in [0.3, 0.4) is 0 Å². The molecule has 0 aliphatic heterocycles. The first kappa shape index (κ1) is 24.4. The molecule has 8 heteroatoms. The molecule has 0 atom stereocenters. The first-order valence-corrected chi connectivity index (χ1v) is 11.2. The van der Waals surface area contributed by atoms with Crippen LogP contribution >= 0.6 is 23.2 Å². The number of rotatable bonds is 6. The summed E-state index contributed by atoms with van der Waals surface area (Å²) in [7, 11) is 0. The van der Waals surface area contributed by atoms with E-state index in [2.05, 4.69) is 5.32 Å². The molecule has 0 aromatic heterocycles. The van der Waals surface area contributed by atoms with E-state index in [4.69, 9.17) is 27.9 Å². The molecule has 4 rings (SSSR count). The van der Waals surface area contributed by atoms with E-state index >= 15 is 0 Å². The van der Waals surface area contributed by atoms with Gasteiger partial charge in [0.05, 0.1) is 12.0 Å². The van der Waals surface area contributed by atoms with Crippen LogP contribution < -0.4 is 10.1 Å². The van der Waals surface area contributed by atoms with Crippen molar-refractivity contribution in [2.24, 2.45) is 0 Å². The number of hydrogen-bond donors (Lipinski definition) is 1. The van der Waals surface area contributed by atoms with Gasteiger partial charge in [-0.1, -0.05) is 53.5 Å². The van der Waals surface area contributed by atoms with Crippen molar-refractivity contribution in [3.05, 3.63) is 118 Å². The van der Waals surface area contributed by atoms with Gasteiger partial charge >= 0.3 is 5.97 Å². The summed E-state index contributed by atoms with van der Waals surface area (Å²) in [4.78, 5) is 25.7. The van der Waals surface area contributed by atoms with Gasteiger partial charge < -0.3 is 10.1 Å². The van der Waals surface area contributed by atoms with Crippen LogP contribution in [0.5, 0.6) is 5.75 Å². The third-order valence-corrected chi connectivity index (χ3v) is 5.66. The Morgan fingerprint density at radius 1 is 0.857 bits per heavy atom. The number of carbonyl (C=O) groups is 2. The summed E-state index contributed by atoms with van der Waals surface area (Å²) in [6, 6.07) is 20.8. The summed E-state index contributed by atoms with van der Waals surface area (Å²) in [6.07, 6.45) is -0.163. The number of ether oxygens (including phenoxy) is 1. The first-order valence-electron chi connectivity index (χ1n) is 10.4. The Morgan fingerprint density at radius 2 is 1.63 bits per heavy atom. The Hall–Kier alpha value is -3.74. The van der Waals surface area contributed by atoms with E-state index in [1.165, 1.54) is 30.3 Å². The van der Waals surface area contributed by atoms with Crippen molar-refractivity contribution in [2.45, 2.75) is 6.42 Å². The van der Waals surface area contributed by atoms with Crippen molar-refractivity contribution < 1.29 is 23.1 Å². The van der Waals surface area contributed by atoms with Crippen molar-refractivity contribution in [3.63, 3.8) is 0 Å². The number of hydrogen-bond acceptors (Lipinski definition) is 3. The molecule has 4 aromatic carbocycles. The van der Waals surface area contributed by atoms with Crippen molar-refractivity contribution in [3.8, 4) is 16.9 Å². The van der Waals surface area contributed by atoms with E-state index in [9.17, 15) is 18.4 Å². The molecule has 0 bridgehead atoms. The molecule has 0 fully saturated rings. The molecular weight excluding hydrogens is 495 g/mol. The molecule has 4 nitrogen and oxygen atoms in total. The zero-order valence-corrected chi connectivity index (χ0v) is 19.5. The van der Waals surface area contributed by atoms with Gasteiger partial charge in [0.1, 0.15) is 17.4 Å². The summed E-state index contributed by atoms with van der Waals surface area (Å²) < 4.78 is 33.2. The van der Waals surface area contributed by atoms with Crippen molar-refractivity contribution in [2.75, 3.05) is 5.32 Å². The molecule has 0 spiro atoms. The van der Waals surface area contributed by atoms with Gasteiger partial charge in [0.15, 0.2) is 0 Å². The minimum Gasteiger partial charge on any atom is -0.425 e. The highest BCUT2D eigenvalue weighted by atomic mass is 35.5.